The lowest BCUT2D eigenvalue weighted by molar-refractivity contribution is -0.116. The van der Waals surface area contributed by atoms with Gasteiger partial charge in [-0.05, 0) is 6.92 Å². The molecule has 0 N–H and O–H groups in total. The molecule has 0 amide bonds. The summed E-state index contributed by atoms with van der Waals surface area (Å²) >= 11 is 0. The number of hydrogen-bond acceptors (Lipinski definition) is 4. The highest BCUT2D eigenvalue weighted by molar-refractivity contribution is 5.82. The summed E-state index contributed by atoms with van der Waals surface area (Å²) in [4.78, 5) is 13.0. The molecule has 0 bridgehead atoms. The first-order chi connectivity index (χ1) is 6.24. The van der Waals surface area contributed by atoms with E-state index in [-0.39, 0.29) is 0 Å². The minimum absolute atomic E-state index is 0.320. The fraction of sp³-hybridized carbons (Fsp3) is 0.556. The van der Waals surface area contributed by atoms with E-state index in [1.807, 2.05) is 13.0 Å². The molecule has 0 spiro atoms. The van der Waals surface area contributed by atoms with E-state index in [2.05, 4.69) is 10.1 Å². The van der Waals surface area contributed by atoms with Crippen molar-refractivity contribution in [3.8, 4) is 0 Å². The predicted octanol–water partition coefficient (Wildman–Crippen LogP) is 0.758. The Hall–Kier alpha value is -1.16. The Morgan fingerprint density at radius 1 is 1.69 bits per heavy atom. The lowest BCUT2D eigenvalue weighted by Crippen LogP contribution is -2.20. The largest absolute Gasteiger partial charge is 0.361 e. The lowest BCUT2D eigenvalue weighted by Gasteiger charge is -2.09. The second-order valence-corrected chi connectivity index (χ2v) is 3.43. The van der Waals surface area contributed by atoms with Crippen LogP contribution in [-0.4, -0.2) is 28.9 Å². The third kappa shape index (κ3) is 1.95. The maximum absolute atomic E-state index is 11.0. The number of Topliss-reactive ketones (excluding diaryl/α,β-unsaturated/α-hetero) is 1. The van der Waals surface area contributed by atoms with Crippen LogP contribution in [0.5, 0.6) is 0 Å². The zero-order chi connectivity index (χ0) is 9.26. The normalized spacial score (nSPS) is 18.4. The van der Waals surface area contributed by atoms with Crippen molar-refractivity contribution >= 4 is 5.78 Å². The SMILES string of the molecule is Cc1cc(CN2CCC(=O)C2)no1. The van der Waals surface area contributed by atoms with Gasteiger partial charge in [-0.25, -0.2) is 0 Å². The van der Waals surface area contributed by atoms with Crippen molar-refractivity contribution in [2.75, 3.05) is 13.1 Å². The monoisotopic (exact) mass is 180 g/mol. The van der Waals surface area contributed by atoms with E-state index >= 15 is 0 Å². The number of aromatic nitrogens is 1. The van der Waals surface area contributed by atoms with Gasteiger partial charge in [0, 0.05) is 25.6 Å². The van der Waals surface area contributed by atoms with Crippen LogP contribution in [0.2, 0.25) is 0 Å². The molecule has 4 nitrogen and oxygen atoms in total. The number of ketones is 1. The molecule has 0 saturated carbocycles. The maximum atomic E-state index is 11.0. The number of likely N-dealkylation sites (tertiary alicyclic amines) is 1. The molecule has 4 heteroatoms. The first-order valence-corrected chi connectivity index (χ1v) is 4.40. The van der Waals surface area contributed by atoms with Gasteiger partial charge in [-0.3, -0.25) is 9.69 Å². The third-order valence-electron chi connectivity index (χ3n) is 2.17. The van der Waals surface area contributed by atoms with Crippen molar-refractivity contribution in [3.63, 3.8) is 0 Å². The predicted molar refractivity (Wildman–Crippen MR) is 46.1 cm³/mol. The van der Waals surface area contributed by atoms with Crippen LogP contribution in [0.25, 0.3) is 0 Å². The van der Waals surface area contributed by atoms with E-state index in [0.717, 1.165) is 24.5 Å². The van der Waals surface area contributed by atoms with Gasteiger partial charge in [0.1, 0.15) is 11.5 Å². The number of carbonyl (C=O) groups excluding carboxylic acids is 1. The Morgan fingerprint density at radius 3 is 3.08 bits per heavy atom. The second-order valence-electron chi connectivity index (χ2n) is 3.43. The third-order valence-corrected chi connectivity index (χ3v) is 2.17. The van der Waals surface area contributed by atoms with E-state index in [4.69, 9.17) is 4.52 Å². The van der Waals surface area contributed by atoms with Gasteiger partial charge in [-0.1, -0.05) is 5.16 Å². The Kier molecular flexibility index (Phi) is 2.14. The van der Waals surface area contributed by atoms with E-state index in [0.29, 0.717) is 18.7 Å². The Morgan fingerprint density at radius 2 is 2.54 bits per heavy atom. The van der Waals surface area contributed by atoms with E-state index in [1.165, 1.54) is 0 Å². The minimum atomic E-state index is 0.320. The molecular formula is C9H12N2O2. The molecule has 0 aromatic carbocycles. The summed E-state index contributed by atoms with van der Waals surface area (Å²) < 4.78 is 4.94. The molecular weight excluding hydrogens is 168 g/mol. The molecule has 0 aliphatic carbocycles. The Bertz CT molecular complexity index is 319. The molecule has 1 aliphatic rings. The van der Waals surface area contributed by atoms with Gasteiger partial charge in [-0.15, -0.1) is 0 Å². The molecule has 1 fully saturated rings. The second kappa shape index (κ2) is 3.30. The molecule has 0 unspecified atom stereocenters. The highest BCUT2D eigenvalue weighted by Crippen LogP contribution is 2.10. The van der Waals surface area contributed by atoms with Gasteiger partial charge in [0.15, 0.2) is 0 Å². The molecule has 2 rings (SSSR count). The van der Waals surface area contributed by atoms with E-state index in [1.54, 1.807) is 0 Å². The van der Waals surface area contributed by atoms with Gasteiger partial charge >= 0.3 is 0 Å². The van der Waals surface area contributed by atoms with Crippen LogP contribution < -0.4 is 0 Å². The lowest BCUT2D eigenvalue weighted by atomic mass is 10.3. The fourth-order valence-corrected chi connectivity index (χ4v) is 1.55. The van der Waals surface area contributed by atoms with Crippen LogP contribution in [0.4, 0.5) is 0 Å². The van der Waals surface area contributed by atoms with Crippen molar-refractivity contribution in [1.82, 2.24) is 10.1 Å². The molecule has 1 aromatic rings. The van der Waals surface area contributed by atoms with E-state index < -0.39 is 0 Å². The van der Waals surface area contributed by atoms with Crippen molar-refractivity contribution in [3.05, 3.63) is 17.5 Å². The number of hydrogen-bond donors (Lipinski definition) is 0. The highest BCUT2D eigenvalue weighted by Gasteiger charge is 2.19. The first kappa shape index (κ1) is 8.44. The summed E-state index contributed by atoms with van der Waals surface area (Å²) in [6.45, 7) is 4.01. The van der Waals surface area contributed by atoms with Crippen LogP contribution in [0.1, 0.15) is 17.9 Å². The Labute approximate surface area is 76.5 Å². The van der Waals surface area contributed by atoms with Crippen LogP contribution in [0.15, 0.2) is 10.6 Å². The number of nitrogens with zero attached hydrogens (tertiary/aromatic N) is 2. The fourth-order valence-electron chi connectivity index (χ4n) is 1.55. The van der Waals surface area contributed by atoms with Gasteiger partial charge in [0.05, 0.1) is 12.2 Å². The molecule has 70 valence electrons. The van der Waals surface area contributed by atoms with Crippen LogP contribution >= 0.6 is 0 Å². The van der Waals surface area contributed by atoms with Crippen molar-refractivity contribution in [2.24, 2.45) is 0 Å². The number of aryl methyl sites for hydroxylation is 1. The molecule has 13 heavy (non-hydrogen) atoms. The van der Waals surface area contributed by atoms with Gasteiger partial charge in [-0.2, -0.15) is 0 Å². The van der Waals surface area contributed by atoms with Crippen molar-refractivity contribution in [1.29, 1.82) is 0 Å². The summed E-state index contributed by atoms with van der Waals surface area (Å²) in [7, 11) is 0. The van der Waals surface area contributed by atoms with Gasteiger partial charge in [0.25, 0.3) is 0 Å². The summed E-state index contributed by atoms with van der Waals surface area (Å²) in [5.41, 5.74) is 0.909. The number of rotatable bonds is 2. The molecule has 2 heterocycles. The molecule has 1 aliphatic heterocycles. The highest BCUT2D eigenvalue weighted by atomic mass is 16.5. The van der Waals surface area contributed by atoms with Crippen LogP contribution in [-0.2, 0) is 11.3 Å². The Balaban J connectivity index is 1.95. The van der Waals surface area contributed by atoms with Gasteiger partial charge in [0.2, 0.25) is 0 Å². The summed E-state index contributed by atoms with van der Waals surface area (Å²) in [6.07, 6.45) is 0.677. The van der Waals surface area contributed by atoms with E-state index in [9.17, 15) is 4.79 Å². The molecule has 1 aromatic heterocycles. The average molecular weight is 180 g/mol. The zero-order valence-electron chi connectivity index (χ0n) is 7.62. The summed E-state index contributed by atoms with van der Waals surface area (Å²) in [5.74, 6) is 1.14. The topological polar surface area (TPSA) is 46.3 Å². The van der Waals surface area contributed by atoms with Gasteiger partial charge < -0.3 is 4.52 Å². The smallest absolute Gasteiger partial charge is 0.148 e. The maximum Gasteiger partial charge on any atom is 0.148 e. The molecule has 0 atom stereocenters. The molecule has 0 radical (unpaired) electrons. The quantitative estimate of drug-likeness (QED) is 0.674. The standard InChI is InChI=1S/C9H12N2O2/c1-7-4-8(10-13-7)5-11-3-2-9(12)6-11/h4H,2-3,5-6H2,1H3. The minimum Gasteiger partial charge on any atom is -0.361 e. The number of carbonyl (C=O) groups is 1. The van der Waals surface area contributed by atoms with Crippen molar-refractivity contribution < 1.29 is 9.32 Å². The van der Waals surface area contributed by atoms with Crippen molar-refractivity contribution in [2.45, 2.75) is 19.9 Å². The van der Waals surface area contributed by atoms with Crippen LogP contribution in [0.3, 0.4) is 0 Å². The summed E-state index contributed by atoms with van der Waals surface area (Å²) in [5, 5.41) is 3.88. The zero-order valence-corrected chi connectivity index (χ0v) is 7.62. The summed E-state index contributed by atoms with van der Waals surface area (Å²) in [6, 6.07) is 1.91. The average Bonchev–Trinajstić information content (AvgIpc) is 2.62. The molecule has 1 saturated heterocycles. The first-order valence-electron chi connectivity index (χ1n) is 4.40. The van der Waals surface area contributed by atoms with Crippen LogP contribution in [0, 0.1) is 6.92 Å².